The van der Waals surface area contributed by atoms with E-state index < -0.39 is 0 Å². The van der Waals surface area contributed by atoms with Crippen molar-refractivity contribution in [2.45, 2.75) is 25.9 Å². The molecule has 1 aromatic heterocycles. The fraction of sp³-hybridized carbons (Fsp3) is 0.318. The number of hydrogen-bond acceptors (Lipinski definition) is 5. The average molecular weight is 471 g/mol. The second-order valence-electron chi connectivity index (χ2n) is 7.35. The van der Waals surface area contributed by atoms with Gasteiger partial charge in [-0.1, -0.05) is 28.1 Å². The number of halogens is 1. The van der Waals surface area contributed by atoms with Gasteiger partial charge in [-0.25, -0.2) is 0 Å². The zero-order valence-corrected chi connectivity index (χ0v) is 18.3. The summed E-state index contributed by atoms with van der Waals surface area (Å²) in [5.41, 5.74) is 2.00. The van der Waals surface area contributed by atoms with E-state index in [1.165, 1.54) is 0 Å². The normalized spacial score (nSPS) is 14.7. The molecule has 0 saturated carbocycles. The van der Waals surface area contributed by atoms with Crippen LogP contribution in [0, 0.1) is 0 Å². The molecule has 1 aliphatic rings. The summed E-state index contributed by atoms with van der Waals surface area (Å²) in [6, 6.07) is 13.0. The molecule has 0 bridgehead atoms. The van der Waals surface area contributed by atoms with Gasteiger partial charge in [0.05, 0.1) is 25.7 Å². The van der Waals surface area contributed by atoms with Gasteiger partial charge in [-0.2, -0.15) is 0 Å². The Hall–Kier alpha value is -2.71. The van der Waals surface area contributed by atoms with Crippen LogP contribution in [0.15, 0.2) is 57.2 Å². The first-order chi connectivity index (χ1) is 14.5. The lowest BCUT2D eigenvalue weighted by Crippen LogP contribution is -2.22. The van der Waals surface area contributed by atoms with E-state index in [1.54, 1.807) is 19.2 Å². The highest BCUT2D eigenvalue weighted by Crippen LogP contribution is 2.40. The van der Waals surface area contributed by atoms with Crippen LogP contribution in [-0.2, 0) is 17.9 Å². The molecule has 0 spiro atoms. The molecule has 2 aromatic carbocycles. The van der Waals surface area contributed by atoms with Crippen LogP contribution in [0.1, 0.15) is 18.4 Å². The summed E-state index contributed by atoms with van der Waals surface area (Å²) in [5, 5.41) is 19.6. The Bertz CT molecular complexity index is 1090. The number of fused-ring (bicyclic) bond motifs is 1. The smallest absolute Gasteiger partial charge is 0.269 e. The van der Waals surface area contributed by atoms with Gasteiger partial charge in [0.1, 0.15) is 5.75 Å². The molecular weight excluding hydrogens is 448 g/mol. The van der Waals surface area contributed by atoms with Crippen LogP contribution in [-0.4, -0.2) is 40.7 Å². The average Bonchev–Trinajstić information content (AvgIpc) is 3.34. The fourth-order valence-electron chi connectivity index (χ4n) is 3.72. The summed E-state index contributed by atoms with van der Waals surface area (Å²) in [4.78, 5) is 14.6. The van der Waals surface area contributed by atoms with Crippen molar-refractivity contribution in [3.05, 3.63) is 52.5 Å². The molecule has 4 rings (SSSR count). The van der Waals surface area contributed by atoms with E-state index in [2.05, 4.69) is 31.1 Å². The molecule has 0 unspecified atom stereocenters. The first-order valence-corrected chi connectivity index (χ1v) is 10.6. The topological polar surface area (TPSA) is 79.4 Å². The summed E-state index contributed by atoms with van der Waals surface area (Å²) in [6.07, 6.45) is 2.46. The molecule has 0 radical (unpaired) electrons. The van der Waals surface area contributed by atoms with Crippen molar-refractivity contribution in [3.8, 4) is 11.6 Å². The number of benzene rings is 2. The lowest BCUT2D eigenvalue weighted by Gasteiger charge is -2.17. The maximum absolute atomic E-state index is 12.3. The van der Waals surface area contributed by atoms with Gasteiger partial charge in [-0.05, 0) is 61.8 Å². The van der Waals surface area contributed by atoms with Crippen molar-refractivity contribution in [2.24, 2.45) is 10.2 Å². The summed E-state index contributed by atoms with van der Waals surface area (Å²) < 4.78 is 7.83. The quantitative estimate of drug-likeness (QED) is 0.512. The molecule has 0 aliphatic carbocycles. The predicted octanol–water partition coefficient (Wildman–Crippen LogP) is 5.02. The van der Waals surface area contributed by atoms with E-state index >= 15 is 0 Å². The van der Waals surface area contributed by atoms with E-state index in [9.17, 15) is 9.90 Å². The largest absolute Gasteiger partial charge is 0.497 e. The number of amides is 1. The Morgan fingerprint density at radius 3 is 2.60 bits per heavy atom. The maximum atomic E-state index is 12.3. The fourth-order valence-corrected chi connectivity index (χ4v) is 4.08. The van der Waals surface area contributed by atoms with Crippen LogP contribution in [0.25, 0.3) is 10.9 Å². The number of methoxy groups -OCH3 is 1. The highest BCUT2D eigenvalue weighted by atomic mass is 79.9. The number of azo groups is 1. The van der Waals surface area contributed by atoms with E-state index in [-0.39, 0.29) is 18.2 Å². The zero-order valence-electron chi connectivity index (χ0n) is 16.7. The summed E-state index contributed by atoms with van der Waals surface area (Å²) in [6.45, 7) is 2.60. The minimum absolute atomic E-state index is 0.0241. The van der Waals surface area contributed by atoms with Crippen molar-refractivity contribution < 1.29 is 14.6 Å². The molecule has 3 aromatic rings. The van der Waals surface area contributed by atoms with Gasteiger partial charge in [-0.15, -0.1) is 10.2 Å². The monoisotopic (exact) mass is 470 g/mol. The molecule has 7 nitrogen and oxygen atoms in total. The second-order valence-corrected chi connectivity index (χ2v) is 8.26. The molecule has 1 aliphatic heterocycles. The summed E-state index contributed by atoms with van der Waals surface area (Å²) in [5.74, 6) is 0.375. The molecule has 156 valence electrons. The molecule has 1 saturated heterocycles. The molecule has 2 heterocycles. The third-order valence-electron chi connectivity index (χ3n) is 5.29. The lowest BCUT2D eigenvalue weighted by molar-refractivity contribution is -0.117. The number of nitrogens with zero attached hydrogens (tertiary/aromatic N) is 4. The Balaban J connectivity index is 1.59. The third kappa shape index (κ3) is 4.39. The molecule has 1 N–H and O–H groups in total. The molecule has 8 heteroatoms. The van der Waals surface area contributed by atoms with Crippen LogP contribution in [0.2, 0.25) is 0 Å². The van der Waals surface area contributed by atoms with E-state index in [4.69, 9.17) is 4.74 Å². The summed E-state index contributed by atoms with van der Waals surface area (Å²) in [7, 11) is 1.60. The van der Waals surface area contributed by atoms with Gasteiger partial charge in [0.15, 0.2) is 5.69 Å². The number of rotatable bonds is 6. The highest BCUT2D eigenvalue weighted by Gasteiger charge is 2.20. The number of aromatic nitrogens is 1. The Labute approximate surface area is 183 Å². The summed E-state index contributed by atoms with van der Waals surface area (Å²) >= 11 is 3.47. The molecule has 0 atom stereocenters. The first kappa shape index (κ1) is 20.6. The van der Waals surface area contributed by atoms with Gasteiger partial charge in [0.2, 0.25) is 5.88 Å². The number of ether oxygens (including phenoxy) is 1. The standard InChI is InChI=1S/C22H23BrN4O3/c1-30-17-7-4-15(5-8-17)12-20(28)24-25-21-18-13-16(23)6-9-19(18)27(22(21)29)14-26-10-2-3-11-26/h4-9,13,29H,2-3,10-12,14H2,1H3. The van der Waals surface area contributed by atoms with Gasteiger partial charge >= 0.3 is 0 Å². The molecule has 1 amide bonds. The van der Waals surface area contributed by atoms with Crippen LogP contribution in [0.5, 0.6) is 11.6 Å². The lowest BCUT2D eigenvalue weighted by atomic mass is 10.1. The molecule has 1 fully saturated rings. The first-order valence-electron chi connectivity index (χ1n) is 9.85. The molecular formula is C22H23BrN4O3. The third-order valence-corrected chi connectivity index (χ3v) is 5.78. The number of carbonyl (C=O) groups excluding carboxylic acids is 1. The maximum Gasteiger partial charge on any atom is 0.269 e. The van der Waals surface area contributed by atoms with Crippen LogP contribution < -0.4 is 4.74 Å². The number of likely N-dealkylation sites (tertiary alicyclic amines) is 1. The van der Waals surface area contributed by atoms with Crippen molar-refractivity contribution in [1.82, 2.24) is 9.47 Å². The number of hydrogen-bond donors (Lipinski definition) is 1. The molecule has 30 heavy (non-hydrogen) atoms. The van der Waals surface area contributed by atoms with E-state index in [1.807, 2.05) is 34.9 Å². The van der Waals surface area contributed by atoms with Crippen molar-refractivity contribution in [1.29, 1.82) is 0 Å². The number of carbonyl (C=O) groups is 1. The Morgan fingerprint density at radius 2 is 1.90 bits per heavy atom. The van der Waals surface area contributed by atoms with Crippen LogP contribution in [0.3, 0.4) is 0 Å². The van der Waals surface area contributed by atoms with Crippen LogP contribution >= 0.6 is 15.9 Å². The highest BCUT2D eigenvalue weighted by molar-refractivity contribution is 9.10. The zero-order chi connectivity index (χ0) is 21.1. The van der Waals surface area contributed by atoms with Gasteiger partial charge < -0.3 is 9.84 Å². The Kier molecular flexibility index (Phi) is 6.15. The SMILES string of the molecule is COc1ccc(CC(=O)N=Nc2c(O)n(CN3CCCC3)c3ccc(Br)cc23)cc1. The Morgan fingerprint density at radius 1 is 1.17 bits per heavy atom. The van der Waals surface area contributed by atoms with E-state index in [0.29, 0.717) is 12.4 Å². The van der Waals surface area contributed by atoms with Gasteiger partial charge in [0, 0.05) is 9.86 Å². The van der Waals surface area contributed by atoms with Gasteiger partial charge in [0.25, 0.3) is 5.91 Å². The van der Waals surface area contributed by atoms with E-state index in [0.717, 1.165) is 52.6 Å². The van der Waals surface area contributed by atoms with Crippen molar-refractivity contribution >= 4 is 38.4 Å². The van der Waals surface area contributed by atoms with Gasteiger partial charge in [-0.3, -0.25) is 14.3 Å². The van der Waals surface area contributed by atoms with Crippen molar-refractivity contribution in [2.75, 3.05) is 20.2 Å². The minimum atomic E-state index is -0.380. The predicted molar refractivity (Wildman–Crippen MR) is 118 cm³/mol. The second kappa shape index (κ2) is 8.97. The van der Waals surface area contributed by atoms with Crippen LogP contribution in [0.4, 0.5) is 5.69 Å². The van der Waals surface area contributed by atoms with Crippen molar-refractivity contribution in [3.63, 3.8) is 0 Å². The number of aromatic hydroxyl groups is 1. The minimum Gasteiger partial charge on any atom is -0.497 e.